The number of rotatable bonds is 3. The lowest BCUT2D eigenvalue weighted by Gasteiger charge is -2.10. The van der Waals surface area contributed by atoms with Crippen molar-refractivity contribution in [3.63, 3.8) is 0 Å². The van der Waals surface area contributed by atoms with Crippen molar-refractivity contribution in [2.24, 2.45) is 0 Å². The third-order valence-electron chi connectivity index (χ3n) is 4.34. The van der Waals surface area contributed by atoms with Gasteiger partial charge in [-0.1, -0.05) is 35.9 Å². The normalized spacial score (nSPS) is 10.8. The van der Waals surface area contributed by atoms with Crippen LogP contribution >= 0.6 is 0 Å². The Bertz CT molecular complexity index is 1060. The molecule has 128 valence electrons. The standard InChI is InChI=1S/C22H18N2O2/c1-14-7-10-16(11-8-14)21(25)23-19-13-17(12-9-15(19)2)22-24-18-5-3-4-6-20(18)26-22/h3-13H,1-2H3,(H,23,25). The first-order valence-electron chi connectivity index (χ1n) is 8.45. The predicted molar refractivity (Wildman–Crippen MR) is 103 cm³/mol. The van der Waals surface area contributed by atoms with Crippen molar-refractivity contribution < 1.29 is 9.21 Å². The molecule has 4 aromatic rings. The lowest BCUT2D eigenvalue weighted by molar-refractivity contribution is 0.102. The summed E-state index contributed by atoms with van der Waals surface area (Å²) in [6, 6.07) is 20.9. The van der Waals surface area contributed by atoms with E-state index in [1.54, 1.807) is 0 Å². The molecule has 0 atom stereocenters. The molecule has 1 amide bonds. The Morgan fingerprint density at radius 2 is 1.73 bits per heavy atom. The van der Waals surface area contributed by atoms with Gasteiger partial charge < -0.3 is 9.73 Å². The number of para-hydroxylation sites is 2. The molecular weight excluding hydrogens is 324 g/mol. The molecule has 0 fully saturated rings. The number of amides is 1. The van der Waals surface area contributed by atoms with Gasteiger partial charge in [0.15, 0.2) is 5.58 Å². The van der Waals surface area contributed by atoms with Crippen LogP contribution in [0.1, 0.15) is 21.5 Å². The molecule has 1 aromatic heterocycles. The largest absolute Gasteiger partial charge is 0.436 e. The lowest BCUT2D eigenvalue weighted by Crippen LogP contribution is -2.12. The molecule has 0 spiro atoms. The maximum atomic E-state index is 12.5. The third-order valence-corrected chi connectivity index (χ3v) is 4.34. The minimum Gasteiger partial charge on any atom is -0.436 e. The monoisotopic (exact) mass is 342 g/mol. The zero-order valence-electron chi connectivity index (χ0n) is 14.6. The van der Waals surface area contributed by atoms with Crippen molar-refractivity contribution in [3.8, 4) is 11.5 Å². The molecule has 0 aliphatic carbocycles. The summed E-state index contributed by atoms with van der Waals surface area (Å²) in [4.78, 5) is 17.0. The summed E-state index contributed by atoms with van der Waals surface area (Å²) in [6.07, 6.45) is 0. The van der Waals surface area contributed by atoms with Crippen molar-refractivity contribution >= 4 is 22.7 Å². The average Bonchev–Trinajstić information content (AvgIpc) is 3.08. The number of hydrogen-bond acceptors (Lipinski definition) is 3. The molecule has 0 unspecified atom stereocenters. The molecule has 4 nitrogen and oxygen atoms in total. The molecule has 0 aliphatic rings. The zero-order valence-corrected chi connectivity index (χ0v) is 14.6. The van der Waals surface area contributed by atoms with E-state index in [9.17, 15) is 4.79 Å². The van der Waals surface area contributed by atoms with E-state index in [0.717, 1.165) is 33.5 Å². The highest BCUT2D eigenvalue weighted by atomic mass is 16.3. The van der Waals surface area contributed by atoms with Gasteiger partial charge in [0.25, 0.3) is 5.91 Å². The average molecular weight is 342 g/mol. The van der Waals surface area contributed by atoms with Gasteiger partial charge in [0.1, 0.15) is 5.52 Å². The van der Waals surface area contributed by atoms with E-state index >= 15 is 0 Å². The number of aromatic nitrogens is 1. The Morgan fingerprint density at radius 1 is 0.962 bits per heavy atom. The van der Waals surface area contributed by atoms with Gasteiger partial charge in [0.2, 0.25) is 5.89 Å². The Balaban J connectivity index is 1.65. The number of carbonyl (C=O) groups excluding carboxylic acids is 1. The van der Waals surface area contributed by atoms with Crippen LogP contribution in [0.4, 0.5) is 5.69 Å². The van der Waals surface area contributed by atoms with Gasteiger partial charge >= 0.3 is 0 Å². The van der Waals surface area contributed by atoms with E-state index < -0.39 is 0 Å². The van der Waals surface area contributed by atoms with Crippen molar-refractivity contribution in [2.45, 2.75) is 13.8 Å². The Morgan fingerprint density at radius 3 is 2.50 bits per heavy atom. The summed E-state index contributed by atoms with van der Waals surface area (Å²) in [5.74, 6) is 0.403. The number of hydrogen-bond donors (Lipinski definition) is 1. The molecule has 0 saturated heterocycles. The fourth-order valence-corrected chi connectivity index (χ4v) is 2.78. The minimum atomic E-state index is -0.136. The van der Waals surface area contributed by atoms with Gasteiger partial charge in [-0.05, 0) is 55.8 Å². The molecule has 0 radical (unpaired) electrons. The van der Waals surface area contributed by atoms with Crippen LogP contribution in [0.15, 0.2) is 71.1 Å². The van der Waals surface area contributed by atoms with Gasteiger partial charge in [0, 0.05) is 16.8 Å². The predicted octanol–water partition coefficient (Wildman–Crippen LogP) is 5.36. The fraction of sp³-hybridized carbons (Fsp3) is 0.0909. The van der Waals surface area contributed by atoms with E-state index in [-0.39, 0.29) is 5.91 Å². The molecule has 4 rings (SSSR count). The molecule has 0 saturated carbocycles. The molecule has 0 aliphatic heterocycles. The van der Waals surface area contributed by atoms with Crippen molar-refractivity contribution in [1.29, 1.82) is 0 Å². The minimum absolute atomic E-state index is 0.136. The SMILES string of the molecule is Cc1ccc(C(=O)Nc2cc(-c3nc4ccccc4o3)ccc2C)cc1. The summed E-state index contributed by atoms with van der Waals surface area (Å²) in [5, 5.41) is 2.98. The van der Waals surface area contributed by atoms with Gasteiger partial charge in [-0.3, -0.25) is 4.79 Å². The maximum Gasteiger partial charge on any atom is 0.255 e. The first kappa shape index (κ1) is 16.1. The first-order chi connectivity index (χ1) is 12.6. The van der Waals surface area contributed by atoms with Crippen molar-refractivity contribution in [2.75, 3.05) is 5.32 Å². The van der Waals surface area contributed by atoms with Crippen LogP contribution in [-0.4, -0.2) is 10.9 Å². The molecule has 26 heavy (non-hydrogen) atoms. The van der Waals surface area contributed by atoms with E-state index in [1.807, 2.05) is 80.6 Å². The van der Waals surface area contributed by atoms with Gasteiger partial charge in [0.05, 0.1) is 0 Å². The first-order valence-corrected chi connectivity index (χ1v) is 8.45. The summed E-state index contributed by atoms with van der Waals surface area (Å²) < 4.78 is 5.83. The molecule has 4 heteroatoms. The molecule has 3 aromatic carbocycles. The van der Waals surface area contributed by atoms with Gasteiger partial charge in [-0.15, -0.1) is 0 Å². The number of fused-ring (bicyclic) bond motifs is 1. The number of nitrogens with zero attached hydrogens (tertiary/aromatic N) is 1. The van der Waals surface area contributed by atoms with Crippen LogP contribution < -0.4 is 5.32 Å². The second kappa shape index (κ2) is 6.48. The van der Waals surface area contributed by atoms with Crippen LogP contribution in [0.2, 0.25) is 0 Å². The van der Waals surface area contributed by atoms with Crippen LogP contribution in [-0.2, 0) is 0 Å². The van der Waals surface area contributed by atoms with Crippen molar-refractivity contribution in [1.82, 2.24) is 4.98 Å². The van der Waals surface area contributed by atoms with Crippen LogP contribution in [0.3, 0.4) is 0 Å². The van der Waals surface area contributed by atoms with Crippen LogP contribution in [0.5, 0.6) is 0 Å². The van der Waals surface area contributed by atoms with Crippen LogP contribution in [0, 0.1) is 13.8 Å². The number of anilines is 1. The Kier molecular flexibility index (Phi) is 4.01. The van der Waals surface area contributed by atoms with E-state index in [2.05, 4.69) is 10.3 Å². The molecular formula is C22H18N2O2. The van der Waals surface area contributed by atoms with Gasteiger partial charge in [-0.25, -0.2) is 4.98 Å². The number of nitrogens with one attached hydrogen (secondary N) is 1. The van der Waals surface area contributed by atoms with E-state index in [4.69, 9.17) is 4.42 Å². The van der Waals surface area contributed by atoms with Crippen molar-refractivity contribution in [3.05, 3.63) is 83.4 Å². The lowest BCUT2D eigenvalue weighted by atomic mass is 10.1. The summed E-state index contributed by atoms with van der Waals surface area (Å²) in [6.45, 7) is 3.95. The van der Waals surface area contributed by atoms with Crippen LogP contribution in [0.25, 0.3) is 22.6 Å². The van der Waals surface area contributed by atoms with Gasteiger partial charge in [-0.2, -0.15) is 0 Å². The summed E-state index contributed by atoms with van der Waals surface area (Å²) in [7, 11) is 0. The quantitative estimate of drug-likeness (QED) is 0.545. The van der Waals surface area contributed by atoms with E-state index in [0.29, 0.717) is 11.5 Å². The Labute approximate surface area is 151 Å². The third kappa shape index (κ3) is 3.09. The summed E-state index contributed by atoms with van der Waals surface area (Å²) >= 11 is 0. The molecule has 0 bridgehead atoms. The number of benzene rings is 3. The molecule has 1 N–H and O–H groups in total. The molecule has 1 heterocycles. The number of aryl methyl sites for hydroxylation is 2. The second-order valence-electron chi connectivity index (χ2n) is 6.34. The topological polar surface area (TPSA) is 55.1 Å². The number of carbonyl (C=O) groups is 1. The Hall–Kier alpha value is -3.40. The fourth-order valence-electron chi connectivity index (χ4n) is 2.78. The zero-order chi connectivity index (χ0) is 18.1. The highest BCUT2D eigenvalue weighted by Crippen LogP contribution is 2.28. The smallest absolute Gasteiger partial charge is 0.255 e. The second-order valence-corrected chi connectivity index (χ2v) is 6.34. The number of oxazole rings is 1. The maximum absolute atomic E-state index is 12.5. The highest BCUT2D eigenvalue weighted by Gasteiger charge is 2.12. The summed E-state index contributed by atoms with van der Waals surface area (Å²) in [5.41, 5.74) is 5.85. The highest BCUT2D eigenvalue weighted by molar-refractivity contribution is 6.04. The van der Waals surface area contributed by atoms with E-state index in [1.165, 1.54) is 0 Å².